The van der Waals surface area contributed by atoms with Crippen LogP contribution in [-0.2, 0) is 15.1 Å². The van der Waals surface area contributed by atoms with Crippen molar-refractivity contribution in [2.45, 2.75) is 25.9 Å². The maximum absolute atomic E-state index is 11.4. The highest BCUT2D eigenvalue weighted by atomic mass is 16.6. The van der Waals surface area contributed by atoms with Crippen molar-refractivity contribution in [2.75, 3.05) is 0 Å². The molecule has 0 N–H and O–H groups in total. The number of carbonyl (C=O) groups excluding carboxylic acids is 1. The molecule has 0 spiro atoms. The Kier molecular flexibility index (Phi) is 2.35. The fourth-order valence-corrected chi connectivity index (χ4v) is 2.02. The van der Waals surface area contributed by atoms with Gasteiger partial charge < -0.3 is 4.74 Å². The van der Waals surface area contributed by atoms with Crippen molar-refractivity contribution in [3.8, 4) is 0 Å². The third-order valence-electron chi connectivity index (χ3n) is 2.69. The summed E-state index contributed by atoms with van der Waals surface area (Å²) in [6, 6.07) is 9.86. The van der Waals surface area contributed by atoms with E-state index in [-0.39, 0.29) is 5.97 Å². The van der Waals surface area contributed by atoms with E-state index in [4.69, 9.17) is 4.74 Å². The molecule has 0 unspecified atom stereocenters. The van der Waals surface area contributed by atoms with Gasteiger partial charge in [0.2, 0.25) is 0 Å². The number of hydrogen-bond acceptors (Lipinski definition) is 2. The van der Waals surface area contributed by atoms with Gasteiger partial charge in [0.05, 0.1) is 0 Å². The van der Waals surface area contributed by atoms with Gasteiger partial charge >= 0.3 is 5.97 Å². The summed E-state index contributed by atoms with van der Waals surface area (Å²) in [6.07, 6.45) is 2.33. The Hall–Kier alpha value is -1.57. The normalized spacial score (nSPS) is 25.7. The zero-order chi connectivity index (χ0) is 10.9. The molecule has 0 aromatic heterocycles. The zero-order valence-electron chi connectivity index (χ0n) is 8.99. The number of carbonyl (C=O) groups is 1. The summed E-state index contributed by atoms with van der Waals surface area (Å²) < 4.78 is 5.41. The number of cyclic esters (lactones) is 1. The first-order valence-electron chi connectivity index (χ1n) is 5.06. The Morgan fingerprint density at radius 3 is 2.53 bits per heavy atom. The van der Waals surface area contributed by atoms with Crippen molar-refractivity contribution in [2.24, 2.45) is 0 Å². The standard InChI is InChI=1S/C13H14O2/c1-10-8-12(14)15-13(2,9-10)11-6-4-3-5-7-11/h3-8H,9H2,1-2H3/t13-/m0/s1. The number of esters is 1. The number of ether oxygens (including phenoxy) is 1. The van der Waals surface area contributed by atoms with Crippen LogP contribution in [0.3, 0.4) is 0 Å². The van der Waals surface area contributed by atoms with Crippen molar-refractivity contribution < 1.29 is 9.53 Å². The van der Waals surface area contributed by atoms with Gasteiger partial charge in [-0.25, -0.2) is 4.79 Å². The molecule has 1 heterocycles. The molecule has 0 amide bonds. The van der Waals surface area contributed by atoms with Crippen LogP contribution in [0, 0.1) is 0 Å². The van der Waals surface area contributed by atoms with Crippen LogP contribution in [0.5, 0.6) is 0 Å². The molecule has 0 aliphatic carbocycles. The minimum atomic E-state index is -0.503. The number of hydrogen-bond donors (Lipinski definition) is 0. The smallest absolute Gasteiger partial charge is 0.331 e. The molecule has 2 heteroatoms. The van der Waals surface area contributed by atoms with Crippen molar-refractivity contribution >= 4 is 5.97 Å². The van der Waals surface area contributed by atoms with E-state index in [1.54, 1.807) is 6.08 Å². The van der Waals surface area contributed by atoms with Crippen molar-refractivity contribution in [1.82, 2.24) is 0 Å². The van der Waals surface area contributed by atoms with Gasteiger partial charge in [0, 0.05) is 12.5 Å². The van der Waals surface area contributed by atoms with Crippen molar-refractivity contribution in [1.29, 1.82) is 0 Å². The maximum Gasteiger partial charge on any atom is 0.331 e. The molecule has 0 saturated carbocycles. The minimum absolute atomic E-state index is 0.245. The lowest BCUT2D eigenvalue weighted by Gasteiger charge is -2.33. The molecule has 1 aromatic carbocycles. The molecule has 1 aliphatic rings. The van der Waals surface area contributed by atoms with Crippen LogP contribution in [0.4, 0.5) is 0 Å². The van der Waals surface area contributed by atoms with Gasteiger partial charge in [-0.05, 0) is 19.4 Å². The maximum atomic E-state index is 11.4. The van der Waals surface area contributed by atoms with Crippen molar-refractivity contribution in [3.05, 3.63) is 47.5 Å². The highest BCUT2D eigenvalue weighted by Crippen LogP contribution is 2.35. The number of benzene rings is 1. The minimum Gasteiger partial charge on any atom is -0.451 e. The Morgan fingerprint density at radius 2 is 1.93 bits per heavy atom. The monoisotopic (exact) mass is 202 g/mol. The second-order valence-corrected chi connectivity index (χ2v) is 4.19. The summed E-state index contributed by atoms with van der Waals surface area (Å²) in [5.41, 5.74) is 1.61. The zero-order valence-corrected chi connectivity index (χ0v) is 8.99. The van der Waals surface area contributed by atoms with Crippen LogP contribution in [0.2, 0.25) is 0 Å². The van der Waals surface area contributed by atoms with Crippen LogP contribution in [0.25, 0.3) is 0 Å². The summed E-state index contributed by atoms with van der Waals surface area (Å²) in [7, 11) is 0. The molecule has 2 nitrogen and oxygen atoms in total. The molecule has 2 rings (SSSR count). The fourth-order valence-electron chi connectivity index (χ4n) is 2.02. The summed E-state index contributed by atoms with van der Waals surface area (Å²) in [5, 5.41) is 0. The van der Waals surface area contributed by atoms with Gasteiger partial charge in [-0.3, -0.25) is 0 Å². The summed E-state index contributed by atoms with van der Waals surface area (Å²) in [5.74, 6) is -0.245. The molecule has 1 aliphatic heterocycles. The number of rotatable bonds is 1. The van der Waals surface area contributed by atoms with Crippen molar-refractivity contribution in [3.63, 3.8) is 0 Å². The highest BCUT2D eigenvalue weighted by molar-refractivity contribution is 5.84. The van der Waals surface area contributed by atoms with Gasteiger partial charge in [0.1, 0.15) is 5.60 Å². The largest absolute Gasteiger partial charge is 0.451 e. The van der Waals surface area contributed by atoms with Crippen LogP contribution >= 0.6 is 0 Å². The van der Waals surface area contributed by atoms with E-state index in [1.165, 1.54) is 0 Å². The van der Waals surface area contributed by atoms with Crippen LogP contribution in [0.1, 0.15) is 25.8 Å². The molecular formula is C13H14O2. The first-order valence-corrected chi connectivity index (χ1v) is 5.06. The van der Waals surface area contributed by atoms with E-state index in [1.807, 2.05) is 44.2 Å². The van der Waals surface area contributed by atoms with Gasteiger partial charge in [0.25, 0.3) is 0 Å². The van der Waals surface area contributed by atoms with Crippen LogP contribution in [0.15, 0.2) is 42.0 Å². The van der Waals surface area contributed by atoms with Gasteiger partial charge in [-0.1, -0.05) is 35.9 Å². The van der Waals surface area contributed by atoms with E-state index >= 15 is 0 Å². The lowest BCUT2D eigenvalue weighted by molar-refractivity contribution is -0.154. The lowest BCUT2D eigenvalue weighted by Crippen LogP contribution is -2.32. The third kappa shape index (κ3) is 1.94. The Bertz CT molecular complexity index is 406. The van der Waals surface area contributed by atoms with E-state index in [2.05, 4.69) is 0 Å². The summed E-state index contributed by atoms with van der Waals surface area (Å²) >= 11 is 0. The quantitative estimate of drug-likeness (QED) is 0.654. The summed E-state index contributed by atoms with van der Waals surface area (Å²) in [6.45, 7) is 3.92. The molecule has 1 atom stereocenters. The molecule has 0 radical (unpaired) electrons. The second kappa shape index (κ2) is 3.54. The molecule has 1 aromatic rings. The Morgan fingerprint density at radius 1 is 1.27 bits per heavy atom. The predicted molar refractivity (Wildman–Crippen MR) is 58.3 cm³/mol. The average molecular weight is 202 g/mol. The predicted octanol–water partition coefficient (Wildman–Crippen LogP) is 2.80. The SMILES string of the molecule is CC1=CC(=O)O[C@](C)(c2ccccc2)C1. The topological polar surface area (TPSA) is 26.3 Å². The molecule has 0 bridgehead atoms. The molecule has 78 valence electrons. The van der Waals surface area contributed by atoms with Gasteiger partial charge in [-0.2, -0.15) is 0 Å². The molecular weight excluding hydrogens is 188 g/mol. The molecule has 0 fully saturated rings. The van der Waals surface area contributed by atoms with E-state index in [0.717, 1.165) is 17.6 Å². The average Bonchev–Trinajstić information content (AvgIpc) is 2.17. The van der Waals surface area contributed by atoms with E-state index in [9.17, 15) is 4.79 Å². The Labute approximate surface area is 89.6 Å². The third-order valence-corrected chi connectivity index (χ3v) is 2.69. The van der Waals surface area contributed by atoms with Crippen LogP contribution < -0.4 is 0 Å². The van der Waals surface area contributed by atoms with E-state index in [0.29, 0.717) is 0 Å². The van der Waals surface area contributed by atoms with Crippen LogP contribution in [-0.4, -0.2) is 5.97 Å². The molecule has 0 saturated heterocycles. The van der Waals surface area contributed by atoms with Gasteiger partial charge in [-0.15, -0.1) is 0 Å². The fraction of sp³-hybridized carbons (Fsp3) is 0.308. The second-order valence-electron chi connectivity index (χ2n) is 4.19. The molecule has 15 heavy (non-hydrogen) atoms. The first kappa shape index (κ1) is 9.97. The van der Waals surface area contributed by atoms with Gasteiger partial charge in [0.15, 0.2) is 0 Å². The lowest BCUT2D eigenvalue weighted by atomic mass is 9.87. The Balaban J connectivity index is 2.37. The first-order chi connectivity index (χ1) is 7.10. The highest BCUT2D eigenvalue weighted by Gasteiger charge is 2.33. The summed E-state index contributed by atoms with van der Waals surface area (Å²) in [4.78, 5) is 11.4. The van der Waals surface area contributed by atoms with E-state index < -0.39 is 5.60 Å².